The first-order chi connectivity index (χ1) is 19.9. The minimum Gasteiger partial charge on any atom is -0.484 e. The molecule has 14 heteroatoms. The number of nitrogens with one attached hydrogen (secondary N) is 2. The Balaban J connectivity index is 1.06. The minimum absolute atomic E-state index is 0.154. The molecule has 1 aliphatic heterocycles. The van der Waals surface area contributed by atoms with Gasteiger partial charge in [0.25, 0.3) is 5.91 Å². The van der Waals surface area contributed by atoms with E-state index in [9.17, 15) is 9.18 Å². The van der Waals surface area contributed by atoms with Gasteiger partial charge in [-0.3, -0.25) is 9.69 Å². The third-order valence-corrected chi connectivity index (χ3v) is 6.72. The molecule has 5 rings (SSSR count). The molecule has 0 atom stereocenters. The Morgan fingerprint density at radius 2 is 1.98 bits per heavy atom. The fourth-order valence-electron chi connectivity index (χ4n) is 4.52. The Morgan fingerprint density at radius 3 is 2.71 bits per heavy atom. The molecular weight excluding hydrogens is 531 g/mol. The summed E-state index contributed by atoms with van der Waals surface area (Å²) in [6.07, 6.45) is 1.59. The lowest BCUT2D eigenvalue weighted by Gasteiger charge is -2.36. The molecule has 3 aromatic heterocycles. The highest BCUT2D eigenvalue weighted by atomic mass is 19.1. The largest absolute Gasteiger partial charge is 0.484 e. The van der Waals surface area contributed by atoms with Crippen molar-refractivity contribution in [2.75, 3.05) is 89.0 Å². The second-order valence-corrected chi connectivity index (χ2v) is 9.99. The van der Waals surface area contributed by atoms with Crippen molar-refractivity contribution >= 4 is 29.1 Å². The van der Waals surface area contributed by atoms with E-state index in [2.05, 4.69) is 30.6 Å². The monoisotopic (exact) mass is 566 g/mol. The summed E-state index contributed by atoms with van der Waals surface area (Å²) in [4.78, 5) is 27.0. The topological polar surface area (TPSA) is 142 Å². The van der Waals surface area contributed by atoms with Crippen LogP contribution >= 0.6 is 0 Å². The molecule has 218 valence electrons. The van der Waals surface area contributed by atoms with Gasteiger partial charge in [-0.25, -0.2) is 4.39 Å². The average Bonchev–Trinajstić information content (AvgIpc) is 3.63. The zero-order chi connectivity index (χ0) is 28.8. The van der Waals surface area contributed by atoms with Crippen LogP contribution in [0.25, 0.3) is 17.1 Å². The Labute approximate surface area is 237 Å². The van der Waals surface area contributed by atoms with Gasteiger partial charge in [0.05, 0.1) is 12.0 Å². The third-order valence-electron chi connectivity index (χ3n) is 6.72. The van der Waals surface area contributed by atoms with E-state index in [1.165, 1.54) is 10.6 Å². The molecule has 4 heterocycles. The number of nitrogens with two attached hydrogens (primary N) is 1. The molecule has 0 spiro atoms. The second-order valence-electron chi connectivity index (χ2n) is 9.99. The minimum atomic E-state index is -0.370. The van der Waals surface area contributed by atoms with E-state index >= 15 is 0 Å². The Hall–Kier alpha value is -4.43. The number of amides is 1. The van der Waals surface area contributed by atoms with Gasteiger partial charge in [-0.15, -0.1) is 0 Å². The normalized spacial score (nSPS) is 14.1. The van der Waals surface area contributed by atoms with Gasteiger partial charge < -0.3 is 35.3 Å². The number of nitrogen functional groups attached to an aromatic ring is 1. The summed E-state index contributed by atoms with van der Waals surface area (Å²) in [6.45, 7) is 5.44. The van der Waals surface area contributed by atoms with Crippen molar-refractivity contribution in [3.63, 3.8) is 0 Å². The molecule has 0 saturated carbocycles. The molecule has 1 saturated heterocycles. The molecular formula is C27H35FN10O3. The zero-order valence-corrected chi connectivity index (χ0v) is 23.2. The van der Waals surface area contributed by atoms with Gasteiger partial charge in [-0.2, -0.15) is 19.6 Å². The number of anilines is 3. The summed E-state index contributed by atoms with van der Waals surface area (Å²) in [5.74, 6) is 1.00. The van der Waals surface area contributed by atoms with Crippen LogP contribution in [-0.4, -0.2) is 108 Å². The van der Waals surface area contributed by atoms with Crippen molar-refractivity contribution < 1.29 is 18.3 Å². The van der Waals surface area contributed by atoms with E-state index in [4.69, 9.17) is 14.9 Å². The molecule has 1 aliphatic rings. The maximum atomic E-state index is 14.9. The number of fused-ring (bicyclic) bond motifs is 1. The van der Waals surface area contributed by atoms with Gasteiger partial charge in [0.15, 0.2) is 18.0 Å². The standard InChI is InChI=1S/C27H35FN10O3/c1-35(2)9-7-30-25(39)18-41-19-5-6-22(20(28)16-19)37-13-11-36(12-14-37)10-8-31-27-32-24-17-21(23-4-3-15-40-23)34-38(24)26(29)33-27/h3-6,15-17H,7-14,18H2,1-2H3,(H,30,39)(H3,29,31,32,33). The van der Waals surface area contributed by atoms with Crippen molar-refractivity contribution in [1.29, 1.82) is 0 Å². The molecule has 13 nitrogen and oxygen atoms in total. The summed E-state index contributed by atoms with van der Waals surface area (Å²) >= 11 is 0. The number of halogens is 1. The van der Waals surface area contributed by atoms with Crippen LogP contribution in [0.4, 0.5) is 22.0 Å². The zero-order valence-electron chi connectivity index (χ0n) is 23.2. The lowest BCUT2D eigenvalue weighted by Crippen LogP contribution is -2.48. The number of rotatable bonds is 12. The van der Waals surface area contributed by atoms with Crippen molar-refractivity contribution in [1.82, 2.24) is 34.7 Å². The number of aromatic nitrogens is 4. The van der Waals surface area contributed by atoms with E-state index in [1.807, 2.05) is 30.0 Å². The van der Waals surface area contributed by atoms with Crippen molar-refractivity contribution in [3.8, 4) is 17.2 Å². The maximum Gasteiger partial charge on any atom is 0.257 e. The highest BCUT2D eigenvalue weighted by molar-refractivity contribution is 5.77. The maximum absolute atomic E-state index is 14.9. The van der Waals surface area contributed by atoms with E-state index in [0.29, 0.717) is 60.7 Å². The van der Waals surface area contributed by atoms with Crippen LogP contribution < -0.4 is 26.0 Å². The second kappa shape index (κ2) is 12.8. The summed E-state index contributed by atoms with van der Waals surface area (Å²) in [5.41, 5.74) is 7.82. The van der Waals surface area contributed by atoms with Crippen LogP contribution in [0.1, 0.15) is 0 Å². The summed E-state index contributed by atoms with van der Waals surface area (Å²) in [5, 5.41) is 10.4. The van der Waals surface area contributed by atoms with Crippen LogP contribution in [-0.2, 0) is 4.79 Å². The number of carbonyl (C=O) groups is 1. The predicted octanol–water partition coefficient (Wildman–Crippen LogP) is 1.40. The van der Waals surface area contributed by atoms with Gasteiger partial charge in [0.2, 0.25) is 11.9 Å². The molecule has 0 unspecified atom stereocenters. The number of hydrogen-bond acceptors (Lipinski definition) is 11. The highest BCUT2D eigenvalue weighted by Gasteiger charge is 2.20. The van der Waals surface area contributed by atoms with E-state index in [-0.39, 0.29) is 24.3 Å². The predicted molar refractivity (Wildman–Crippen MR) is 153 cm³/mol. The summed E-state index contributed by atoms with van der Waals surface area (Å²) < 4.78 is 27.2. The fraction of sp³-hybridized carbons (Fsp3) is 0.407. The Bertz CT molecular complexity index is 1450. The number of ether oxygens (including phenoxy) is 1. The van der Waals surface area contributed by atoms with Crippen molar-refractivity contribution in [2.45, 2.75) is 0 Å². The number of hydrogen-bond donors (Lipinski definition) is 3. The molecule has 0 bridgehead atoms. The van der Waals surface area contributed by atoms with E-state index < -0.39 is 0 Å². The first-order valence-corrected chi connectivity index (χ1v) is 13.5. The highest BCUT2D eigenvalue weighted by Crippen LogP contribution is 2.25. The quantitative estimate of drug-likeness (QED) is 0.229. The third kappa shape index (κ3) is 7.21. The molecule has 1 amide bonds. The van der Waals surface area contributed by atoms with Crippen LogP contribution in [0.2, 0.25) is 0 Å². The molecule has 0 radical (unpaired) electrons. The molecule has 4 aromatic rings. The number of carbonyl (C=O) groups excluding carboxylic acids is 1. The van der Waals surface area contributed by atoms with Gasteiger partial charge in [-0.05, 0) is 38.4 Å². The van der Waals surface area contributed by atoms with Crippen molar-refractivity contribution in [2.24, 2.45) is 0 Å². The van der Waals surface area contributed by atoms with Crippen LogP contribution in [0, 0.1) is 5.82 Å². The first-order valence-electron chi connectivity index (χ1n) is 13.5. The van der Waals surface area contributed by atoms with Crippen LogP contribution in [0.15, 0.2) is 47.1 Å². The summed E-state index contributed by atoms with van der Waals surface area (Å²) in [7, 11) is 3.86. The number of furan rings is 1. The van der Waals surface area contributed by atoms with E-state index in [0.717, 1.165) is 26.2 Å². The van der Waals surface area contributed by atoms with Crippen LogP contribution in [0.3, 0.4) is 0 Å². The molecule has 1 aromatic carbocycles. The van der Waals surface area contributed by atoms with Gasteiger partial charge in [-0.1, -0.05) is 0 Å². The molecule has 4 N–H and O–H groups in total. The number of benzene rings is 1. The van der Waals surface area contributed by atoms with Crippen LogP contribution in [0.5, 0.6) is 5.75 Å². The molecule has 41 heavy (non-hydrogen) atoms. The Morgan fingerprint density at radius 1 is 1.15 bits per heavy atom. The average molecular weight is 567 g/mol. The van der Waals surface area contributed by atoms with E-state index in [1.54, 1.807) is 30.5 Å². The first kappa shape index (κ1) is 28.1. The summed E-state index contributed by atoms with van der Waals surface area (Å²) in [6, 6.07) is 10.1. The lowest BCUT2D eigenvalue weighted by molar-refractivity contribution is -0.123. The Kier molecular flexibility index (Phi) is 8.79. The number of likely N-dealkylation sites (N-methyl/N-ethyl adjacent to an activating group) is 1. The van der Waals surface area contributed by atoms with Gasteiger partial charge in [0, 0.05) is 64.5 Å². The van der Waals surface area contributed by atoms with Crippen molar-refractivity contribution in [3.05, 3.63) is 48.5 Å². The van der Waals surface area contributed by atoms with Gasteiger partial charge >= 0.3 is 0 Å². The fourth-order valence-corrected chi connectivity index (χ4v) is 4.52. The lowest BCUT2D eigenvalue weighted by atomic mass is 10.2. The number of piperazine rings is 1. The molecule has 1 fully saturated rings. The molecule has 0 aliphatic carbocycles. The SMILES string of the molecule is CN(C)CCNC(=O)COc1ccc(N2CCN(CCNc3nc(N)n4nc(-c5ccco5)cc4n3)CC2)c(F)c1. The van der Waals surface area contributed by atoms with Gasteiger partial charge in [0.1, 0.15) is 17.3 Å². The smallest absolute Gasteiger partial charge is 0.257 e. The number of nitrogens with zero attached hydrogens (tertiary/aromatic N) is 7.